The molecule has 0 saturated heterocycles. The molecular weight excluding hydrogens is 349 g/mol. The molecular formula is C18H17Cl2NO3. The molecule has 0 radical (unpaired) electrons. The molecule has 0 fully saturated rings. The maximum atomic E-state index is 12.2. The number of nitrogens with one attached hydrogen (secondary N) is 1. The van der Waals surface area contributed by atoms with Gasteiger partial charge < -0.3 is 10.4 Å². The summed E-state index contributed by atoms with van der Waals surface area (Å²) in [5, 5.41) is 13.0. The van der Waals surface area contributed by atoms with Crippen molar-refractivity contribution < 1.29 is 14.7 Å². The second-order valence-electron chi connectivity index (χ2n) is 5.50. The van der Waals surface area contributed by atoms with Crippen LogP contribution in [0, 0.1) is 0 Å². The lowest BCUT2D eigenvalue weighted by Gasteiger charge is -2.17. The lowest BCUT2D eigenvalue weighted by Crippen LogP contribution is -2.38. The number of benzene rings is 2. The van der Waals surface area contributed by atoms with Gasteiger partial charge in [0, 0.05) is 16.1 Å². The predicted molar refractivity (Wildman–Crippen MR) is 94.5 cm³/mol. The fourth-order valence-corrected chi connectivity index (χ4v) is 2.74. The average Bonchev–Trinajstić information content (AvgIpc) is 2.48. The highest BCUT2D eigenvalue weighted by atomic mass is 35.5. The summed E-state index contributed by atoms with van der Waals surface area (Å²) in [7, 11) is 0. The molecule has 2 rings (SSSR count). The molecule has 2 aromatic carbocycles. The number of hydrogen-bond donors (Lipinski definition) is 2. The number of aliphatic carboxylic acids is 1. The zero-order chi connectivity index (χ0) is 17.5. The van der Waals surface area contributed by atoms with Crippen LogP contribution in [0.3, 0.4) is 0 Å². The van der Waals surface area contributed by atoms with Crippen LogP contribution in [0.4, 0.5) is 0 Å². The summed E-state index contributed by atoms with van der Waals surface area (Å²) in [6.07, 6.45) is 0.423. The molecule has 1 amide bonds. The Kier molecular flexibility index (Phi) is 6.64. The third kappa shape index (κ3) is 6.22. The summed E-state index contributed by atoms with van der Waals surface area (Å²) < 4.78 is 0. The number of carboxylic acid groups (broad SMARTS) is 1. The zero-order valence-corrected chi connectivity index (χ0v) is 14.3. The first-order valence-electron chi connectivity index (χ1n) is 7.42. The highest BCUT2D eigenvalue weighted by Crippen LogP contribution is 2.13. The van der Waals surface area contributed by atoms with Gasteiger partial charge in [-0.3, -0.25) is 9.59 Å². The molecule has 0 spiro atoms. The van der Waals surface area contributed by atoms with Crippen LogP contribution < -0.4 is 5.32 Å². The summed E-state index contributed by atoms with van der Waals surface area (Å²) in [6, 6.07) is 13.6. The van der Waals surface area contributed by atoms with E-state index in [0.717, 1.165) is 11.1 Å². The molecule has 0 heterocycles. The molecule has 24 heavy (non-hydrogen) atoms. The highest BCUT2D eigenvalue weighted by Gasteiger charge is 2.17. The molecule has 126 valence electrons. The third-order valence-corrected chi connectivity index (χ3v) is 3.92. The Balaban J connectivity index is 2.00. The first-order chi connectivity index (χ1) is 11.4. The number of carbonyl (C=O) groups is 2. The van der Waals surface area contributed by atoms with E-state index in [-0.39, 0.29) is 18.7 Å². The largest absolute Gasteiger partial charge is 0.481 e. The first-order valence-corrected chi connectivity index (χ1v) is 8.18. The van der Waals surface area contributed by atoms with Crippen molar-refractivity contribution in [2.24, 2.45) is 0 Å². The lowest BCUT2D eigenvalue weighted by molar-refractivity contribution is -0.137. The third-order valence-electron chi connectivity index (χ3n) is 3.44. The SMILES string of the molecule is O=C(O)CC(Cc1ccc(Cl)cc1)NC(=O)Cc1cccc(Cl)c1. The van der Waals surface area contributed by atoms with E-state index >= 15 is 0 Å². The van der Waals surface area contributed by atoms with E-state index in [0.29, 0.717) is 16.5 Å². The van der Waals surface area contributed by atoms with Gasteiger partial charge in [-0.25, -0.2) is 0 Å². The minimum Gasteiger partial charge on any atom is -0.481 e. The van der Waals surface area contributed by atoms with Gasteiger partial charge in [0.25, 0.3) is 0 Å². The van der Waals surface area contributed by atoms with E-state index in [9.17, 15) is 9.59 Å². The van der Waals surface area contributed by atoms with Gasteiger partial charge in [0.1, 0.15) is 0 Å². The summed E-state index contributed by atoms with van der Waals surface area (Å²) >= 11 is 11.7. The van der Waals surface area contributed by atoms with Crippen LogP contribution in [0.1, 0.15) is 17.5 Å². The maximum Gasteiger partial charge on any atom is 0.305 e. The second kappa shape index (κ2) is 8.71. The van der Waals surface area contributed by atoms with Gasteiger partial charge in [-0.05, 0) is 41.8 Å². The molecule has 0 bridgehead atoms. The van der Waals surface area contributed by atoms with Crippen molar-refractivity contribution in [2.75, 3.05) is 0 Å². The Bertz CT molecular complexity index is 716. The summed E-state index contributed by atoms with van der Waals surface area (Å²) in [4.78, 5) is 23.2. The second-order valence-corrected chi connectivity index (χ2v) is 6.37. The number of rotatable bonds is 7. The first kappa shape index (κ1) is 18.3. The van der Waals surface area contributed by atoms with E-state index < -0.39 is 12.0 Å². The van der Waals surface area contributed by atoms with Crippen molar-refractivity contribution in [2.45, 2.75) is 25.3 Å². The van der Waals surface area contributed by atoms with E-state index in [1.54, 1.807) is 36.4 Å². The van der Waals surface area contributed by atoms with Crippen molar-refractivity contribution in [3.63, 3.8) is 0 Å². The monoisotopic (exact) mass is 365 g/mol. The Labute approximate surface area is 150 Å². The molecule has 0 aliphatic rings. The number of carbonyl (C=O) groups excluding carboxylic acids is 1. The Hall–Kier alpha value is -2.04. The normalized spacial score (nSPS) is 11.8. The topological polar surface area (TPSA) is 66.4 Å². The molecule has 0 aliphatic heterocycles. The van der Waals surface area contributed by atoms with Crippen LogP contribution in [0.5, 0.6) is 0 Å². The van der Waals surface area contributed by atoms with Crippen molar-refractivity contribution in [3.8, 4) is 0 Å². The van der Waals surface area contributed by atoms with Crippen LogP contribution in [0.2, 0.25) is 10.0 Å². The number of halogens is 2. The van der Waals surface area contributed by atoms with Crippen LogP contribution in [-0.4, -0.2) is 23.0 Å². The lowest BCUT2D eigenvalue weighted by atomic mass is 10.0. The fourth-order valence-electron chi connectivity index (χ4n) is 2.40. The van der Waals surface area contributed by atoms with Gasteiger partial charge in [-0.2, -0.15) is 0 Å². The van der Waals surface area contributed by atoms with Crippen molar-refractivity contribution >= 4 is 35.1 Å². The van der Waals surface area contributed by atoms with Crippen LogP contribution >= 0.6 is 23.2 Å². The quantitative estimate of drug-likeness (QED) is 0.785. The van der Waals surface area contributed by atoms with Gasteiger partial charge in [0.05, 0.1) is 12.8 Å². The van der Waals surface area contributed by atoms with Gasteiger partial charge >= 0.3 is 5.97 Å². The molecule has 6 heteroatoms. The Morgan fingerprint density at radius 3 is 2.33 bits per heavy atom. The molecule has 0 saturated carbocycles. The zero-order valence-electron chi connectivity index (χ0n) is 12.8. The molecule has 2 aromatic rings. The molecule has 1 unspecified atom stereocenters. The van der Waals surface area contributed by atoms with Gasteiger partial charge in [0.15, 0.2) is 0 Å². The number of amides is 1. The fraction of sp³-hybridized carbons (Fsp3) is 0.222. The van der Waals surface area contributed by atoms with Gasteiger partial charge in [-0.1, -0.05) is 47.5 Å². The summed E-state index contributed by atoms with van der Waals surface area (Å²) in [5.41, 5.74) is 1.69. The van der Waals surface area contributed by atoms with Crippen molar-refractivity contribution in [3.05, 3.63) is 69.7 Å². The van der Waals surface area contributed by atoms with Crippen LogP contribution in [-0.2, 0) is 22.4 Å². The molecule has 0 aromatic heterocycles. The minimum atomic E-state index is -0.961. The van der Waals surface area contributed by atoms with E-state index in [1.807, 2.05) is 12.1 Å². The highest BCUT2D eigenvalue weighted by molar-refractivity contribution is 6.30. The molecule has 4 nitrogen and oxygen atoms in total. The van der Waals surface area contributed by atoms with Crippen LogP contribution in [0.25, 0.3) is 0 Å². The standard InChI is InChI=1S/C18H17Cl2NO3/c19-14-6-4-12(5-7-14)9-16(11-18(23)24)21-17(22)10-13-2-1-3-15(20)8-13/h1-8,16H,9-11H2,(H,21,22)(H,23,24). The predicted octanol–water partition coefficient (Wildman–Crippen LogP) is 3.74. The summed E-state index contributed by atoms with van der Waals surface area (Å²) in [6.45, 7) is 0. The Morgan fingerprint density at radius 1 is 1.00 bits per heavy atom. The smallest absolute Gasteiger partial charge is 0.305 e. The summed E-state index contributed by atoms with van der Waals surface area (Å²) in [5.74, 6) is -1.20. The maximum absolute atomic E-state index is 12.2. The molecule has 1 atom stereocenters. The van der Waals surface area contributed by atoms with Gasteiger partial charge in [-0.15, -0.1) is 0 Å². The van der Waals surface area contributed by atoms with Crippen LogP contribution in [0.15, 0.2) is 48.5 Å². The molecule has 0 aliphatic carbocycles. The molecule has 2 N–H and O–H groups in total. The van der Waals surface area contributed by atoms with E-state index in [4.69, 9.17) is 28.3 Å². The average molecular weight is 366 g/mol. The van der Waals surface area contributed by atoms with Crippen molar-refractivity contribution in [1.82, 2.24) is 5.32 Å². The minimum absolute atomic E-state index is 0.149. The van der Waals surface area contributed by atoms with Crippen molar-refractivity contribution in [1.29, 1.82) is 0 Å². The van der Waals surface area contributed by atoms with E-state index in [1.165, 1.54) is 0 Å². The number of hydrogen-bond acceptors (Lipinski definition) is 2. The van der Waals surface area contributed by atoms with E-state index in [2.05, 4.69) is 5.32 Å². The van der Waals surface area contributed by atoms with Gasteiger partial charge in [0.2, 0.25) is 5.91 Å². The Morgan fingerprint density at radius 2 is 1.71 bits per heavy atom. The number of carboxylic acids is 1.